The van der Waals surface area contributed by atoms with Gasteiger partial charge in [0, 0.05) is 23.7 Å². The van der Waals surface area contributed by atoms with E-state index in [-0.39, 0.29) is 17.8 Å². The van der Waals surface area contributed by atoms with E-state index in [1.165, 1.54) is 11.8 Å². The van der Waals surface area contributed by atoms with Gasteiger partial charge in [-0.15, -0.1) is 0 Å². The molecule has 23 heavy (non-hydrogen) atoms. The van der Waals surface area contributed by atoms with Crippen molar-refractivity contribution in [3.8, 4) is 11.3 Å². The monoisotopic (exact) mass is 352 g/mol. The fourth-order valence-corrected chi connectivity index (χ4v) is 3.04. The Balaban J connectivity index is 1.47. The smallest absolute Gasteiger partial charge is 0.256 e. The third-order valence-corrected chi connectivity index (χ3v) is 4.59. The molecule has 0 spiro atoms. The largest absolute Gasteiger partial charge is 0.431 e. The van der Waals surface area contributed by atoms with Gasteiger partial charge in [-0.3, -0.25) is 4.79 Å². The van der Waals surface area contributed by atoms with Crippen LogP contribution in [0.3, 0.4) is 0 Å². The number of carbonyl (C=O) groups is 1. The third kappa shape index (κ3) is 4.73. The van der Waals surface area contributed by atoms with Gasteiger partial charge in [-0.1, -0.05) is 23.4 Å². The number of hydrogen-bond donors (Lipinski definition) is 1. The van der Waals surface area contributed by atoms with Gasteiger partial charge in [0.1, 0.15) is 0 Å². The maximum absolute atomic E-state index is 11.8. The summed E-state index contributed by atoms with van der Waals surface area (Å²) in [5.74, 6) is 0.883. The molecule has 1 saturated heterocycles. The number of carbonyl (C=O) groups excluding carboxylic acids is 1. The molecule has 1 aromatic carbocycles. The topological polar surface area (TPSA) is 64.4 Å². The van der Waals surface area contributed by atoms with E-state index in [2.05, 4.69) is 10.3 Å². The van der Waals surface area contributed by atoms with Crippen LogP contribution in [0.15, 0.2) is 40.1 Å². The summed E-state index contributed by atoms with van der Waals surface area (Å²) in [7, 11) is 0. The summed E-state index contributed by atoms with van der Waals surface area (Å²) in [5, 5.41) is 4.02. The highest BCUT2D eigenvalue weighted by Crippen LogP contribution is 2.26. The van der Waals surface area contributed by atoms with Crippen LogP contribution in [0.4, 0.5) is 0 Å². The normalized spacial score (nSPS) is 17.3. The van der Waals surface area contributed by atoms with Gasteiger partial charge < -0.3 is 14.5 Å². The summed E-state index contributed by atoms with van der Waals surface area (Å²) in [6, 6.07) is 7.33. The summed E-state index contributed by atoms with van der Waals surface area (Å²) in [4.78, 5) is 16.0. The first kappa shape index (κ1) is 16.4. The van der Waals surface area contributed by atoms with Crippen molar-refractivity contribution >= 4 is 29.3 Å². The van der Waals surface area contributed by atoms with Crippen LogP contribution in [0.25, 0.3) is 11.3 Å². The van der Waals surface area contributed by atoms with E-state index in [9.17, 15) is 4.79 Å². The van der Waals surface area contributed by atoms with Crippen molar-refractivity contribution in [2.75, 3.05) is 18.9 Å². The van der Waals surface area contributed by atoms with Crippen LogP contribution in [0.1, 0.15) is 12.8 Å². The molecule has 0 aliphatic carbocycles. The van der Waals surface area contributed by atoms with Crippen molar-refractivity contribution in [2.45, 2.75) is 24.2 Å². The number of benzene rings is 1. The molecule has 0 bridgehead atoms. The third-order valence-electron chi connectivity index (χ3n) is 3.49. The predicted octanol–water partition coefficient (Wildman–Crippen LogP) is 3.38. The molecule has 1 aliphatic heterocycles. The molecule has 1 atom stereocenters. The van der Waals surface area contributed by atoms with E-state index in [1.807, 2.05) is 12.1 Å². The lowest BCUT2D eigenvalue weighted by atomic mass is 10.2. The number of aromatic nitrogens is 1. The van der Waals surface area contributed by atoms with Crippen LogP contribution in [-0.4, -0.2) is 35.9 Å². The second-order valence-corrected chi connectivity index (χ2v) is 6.59. The maximum Gasteiger partial charge on any atom is 0.256 e. The van der Waals surface area contributed by atoms with Crippen molar-refractivity contribution in [3.05, 3.63) is 35.5 Å². The molecule has 0 saturated carbocycles. The van der Waals surface area contributed by atoms with E-state index in [0.717, 1.165) is 25.0 Å². The molecule has 0 unspecified atom stereocenters. The molecule has 0 radical (unpaired) electrons. The number of nitrogens with one attached hydrogen (secondary N) is 1. The van der Waals surface area contributed by atoms with Gasteiger partial charge in [-0.05, 0) is 37.1 Å². The Kier molecular flexibility index (Phi) is 5.59. The fraction of sp³-hybridized carbons (Fsp3) is 0.375. The number of amides is 1. The zero-order valence-electron chi connectivity index (χ0n) is 12.5. The summed E-state index contributed by atoms with van der Waals surface area (Å²) < 4.78 is 11.1. The van der Waals surface area contributed by atoms with E-state index in [4.69, 9.17) is 20.8 Å². The lowest BCUT2D eigenvalue weighted by Crippen LogP contribution is -2.32. The highest BCUT2D eigenvalue weighted by Gasteiger charge is 2.16. The number of ether oxygens (including phenoxy) is 1. The number of oxazole rings is 1. The minimum Gasteiger partial charge on any atom is -0.431 e. The molecule has 7 heteroatoms. The molecule has 1 aliphatic rings. The van der Waals surface area contributed by atoms with Crippen molar-refractivity contribution in [2.24, 2.45) is 0 Å². The number of rotatable bonds is 6. The van der Waals surface area contributed by atoms with Crippen LogP contribution in [0.2, 0.25) is 5.02 Å². The molecule has 1 fully saturated rings. The highest BCUT2D eigenvalue weighted by molar-refractivity contribution is 7.99. The molecule has 1 N–H and O–H groups in total. The van der Waals surface area contributed by atoms with Crippen molar-refractivity contribution in [3.63, 3.8) is 0 Å². The average Bonchev–Trinajstić information content (AvgIpc) is 3.23. The Morgan fingerprint density at radius 3 is 2.96 bits per heavy atom. The Bertz CT molecular complexity index is 654. The SMILES string of the molecule is O=C(CSc1ncc(-c2ccc(Cl)cc2)o1)NC[C@H]1CCCO1. The standard InChI is InChI=1S/C16H17ClN2O3S/c17-12-5-3-11(4-6-12)14-9-19-16(22-14)23-10-15(20)18-8-13-2-1-7-21-13/h3-6,9,13H,1-2,7-8,10H2,(H,18,20)/t13-/m1/s1. The summed E-state index contributed by atoms with van der Waals surface area (Å²) in [6.07, 6.45) is 3.88. The Morgan fingerprint density at radius 1 is 1.39 bits per heavy atom. The second kappa shape index (κ2) is 7.86. The zero-order chi connectivity index (χ0) is 16.1. The molecular formula is C16H17ClN2O3S. The molecule has 1 aromatic heterocycles. The molecular weight excluding hydrogens is 336 g/mol. The van der Waals surface area contributed by atoms with Crippen molar-refractivity contribution in [1.82, 2.24) is 10.3 Å². The summed E-state index contributed by atoms with van der Waals surface area (Å²) in [6.45, 7) is 1.36. The minimum atomic E-state index is -0.0447. The Labute approximate surface area is 143 Å². The van der Waals surface area contributed by atoms with E-state index in [0.29, 0.717) is 22.6 Å². The van der Waals surface area contributed by atoms with Crippen LogP contribution >= 0.6 is 23.4 Å². The van der Waals surface area contributed by atoms with Gasteiger partial charge in [-0.2, -0.15) is 0 Å². The van der Waals surface area contributed by atoms with Crippen LogP contribution in [0, 0.1) is 0 Å². The van der Waals surface area contributed by atoms with E-state index >= 15 is 0 Å². The highest BCUT2D eigenvalue weighted by atomic mass is 35.5. The number of thioether (sulfide) groups is 1. The van der Waals surface area contributed by atoms with E-state index in [1.54, 1.807) is 18.3 Å². The first-order valence-electron chi connectivity index (χ1n) is 7.43. The van der Waals surface area contributed by atoms with Gasteiger partial charge >= 0.3 is 0 Å². The van der Waals surface area contributed by atoms with Gasteiger partial charge in [0.05, 0.1) is 18.1 Å². The second-order valence-electron chi connectivity index (χ2n) is 5.23. The lowest BCUT2D eigenvalue weighted by molar-refractivity contribution is -0.119. The lowest BCUT2D eigenvalue weighted by Gasteiger charge is -2.09. The summed E-state index contributed by atoms with van der Waals surface area (Å²) >= 11 is 7.13. The maximum atomic E-state index is 11.8. The van der Waals surface area contributed by atoms with Gasteiger partial charge in [0.15, 0.2) is 5.76 Å². The summed E-state index contributed by atoms with van der Waals surface area (Å²) in [5.41, 5.74) is 0.900. The molecule has 122 valence electrons. The number of halogens is 1. The molecule has 5 nitrogen and oxygen atoms in total. The molecule has 1 amide bonds. The first-order valence-corrected chi connectivity index (χ1v) is 8.80. The van der Waals surface area contributed by atoms with Gasteiger partial charge in [-0.25, -0.2) is 4.98 Å². The predicted molar refractivity (Wildman–Crippen MR) is 89.7 cm³/mol. The van der Waals surface area contributed by atoms with Gasteiger partial charge in [0.25, 0.3) is 5.22 Å². The number of nitrogens with zero attached hydrogens (tertiary/aromatic N) is 1. The van der Waals surface area contributed by atoms with Crippen LogP contribution in [-0.2, 0) is 9.53 Å². The molecule has 2 heterocycles. The zero-order valence-corrected chi connectivity index (χ0v) is 14.0. The van der Waals surface area contributed by atoms with Crippen LogP contribution in [0.5, 0.6) is 0 Å². The Morgan fingerprint density at radius 2 is 2.22 bits per heavy atom. The Hall–Kier alpha value is -1.50. The average molecular weight is 353 g/mol. The van der Waals surface area contributed by atoms with Crippen LogP contribution < -0.4 is 5.32 Å². The molecule has 3 rings (SSSR count). The fourth-order valence-electron chi connectivity index (χ4n) is 2.28. The van der Waals surface area contributed by atoms with E-state index < -0.39 is 0 Å². The van der Waals surface area contributed by atoms with Crippen molar-refractivity contribution in [1.29, 1.82) is 0 Å². The van der Waals surface area contributed by atoms with Gasteiger partial charge in [0.2, 0.25) is 5.91 Å². The minimum absolute atomic E-state index is 0.0447. The molecule has 2 aromatic rings. The van der Waals surface area contributed by atoms with Crippen molar-refractivity contribution < 1.29 is 13.9 Å². The quantitative estimate of drug-likeness (QED) is 0.807. The number of hydrogen-bond acceptors (Lipinski definition) is 5. The first-order chi connectivity index (χ1) is 11.2.